The summed E-state index contributed by atoms with van der Waals surface area (Å²) < 4.78 is 10.7. The summed E-state index contributed by atoms with van der Waals surface area (Å²) in [6.45, 7) is 7.66. The molecule has 0 aromatic rings. The Labute approximate surface area is 63.5 Å². The summed E-state index contributed by atoms with van der Waals surface area (Å²) in [5, 5.41) is 0. The Morgan fingerprint density at radius 1 is 1.20 bits per heavy atom. The van der Waals surface area contributed by atoms with E-state index in [4.69, 9.17) is 9.47 Å². The number of hydrogen-bond acceptors (Lipinski definition) is 2. The molecule has 1 aliphatic rings. The van der Waals surface area contributed by atoms with Crippen molar-refractivity contribution in [1.29, 1.82) is 0 Å². The van der Waals surface area contributed by atoms with E-state index in [1.165, 1.54) is 0 Å². The molecule has 0 N–H and O–H groups in total. The molecule has 1 fully saturated rings. The highest BCUT2D eigenvalue weighted by Crippen LogP contribution is 2.19. The van der Waals surface area contributed by atoms with Crippen molar-refractivity contribution in [2.45, 2.75) is 34.0 Å². The van der Waals surface area contributed by atoms with E-state index in [2.05, 4.69) is 6.92 Å². The fraction of sp³-hybridized carbons (Fsp3) is 1.00. The normalized spacial score (nSPS) is 25.5. The van der Waals surface area contributed by atoms with Gasteiger partial charge < -0.3 is 9.47 Å². The van der Waals surface area contributed by atoms with E-state index in [0.717, 1.165) is 13.2 Å². The largest absolute Gasteiger partial charge is 0.350 e. The Morgan fingerprint density at radius 3 is 1.90 bits per heavy atom. The molecule has 2 nitrogen and oxygen atoms in total. The predicted molar refractivity (Wildman–Crippen MR) is 41.9 cm³/mol. The lowest BCUT2D eigenvalue weighted by atomic mass is 10.2. The molecule has 1 rings (SSSR count). The van der Waals surface area contributed by atoms with Crippen molar-refractivity contribution in [3.63, 3.8) is 0 Å². The predicted octanol–water partition coefficient (Wildman–Crippen LogP) is 2.04. The van der Waals surface area contributed by atoms with E-state index in [1.807, 2.05) is 13.8 Å². The molecule has 1 aliphatic heterocycles. The first-order valence-electron chi connectivity index (χ1n) is 3.38. The third-order valence-corrected chi connectivity index (χ3v) is 1.43. The van der Waals surface area contributed by atoms with Gasteiger partial charge in [-0.3, -0.25) is 0 Å². The molecule has 0 unspecified atom stereocenters. The molecule has 0 radical (unpaired) electrons. The van der Waals surface area contributed by atoms with Gasteiger partial charge in [0.1, 0.15) is 0 Å². The van der Waals surface area contributed by atoms with E-state index in [9.17, 15) is 0 Å². The van der Waals surface area contributed by atoms with Crippen LogP contribution in [-0.4, -0.2) is 19.0 Å². The molecule has 10 heavy (non-hydrogen) atoms. The van der Waals surface area contributed by atoms with Crippen molar-refractivity contribution in [2.24, 2.45) is 5.92 Å². The van der Waals surface area contributed by atoms with Crippen molar-refractivity contribution in [1.82, 2.24) is 0 Å². The second kappa shape index (κ2) is 3.35. The quantitative estimate of drug-likeness (QED) is 0.520. The first kappa shape index (κ1) is 9.92. The van der Waals surface area contributed by atoms with Gasteiger partial charge >= 0.3 is 0 Å². The van der Waals surface area contributed by atoms with E-state index < -0.39 is 0 Å². The molecule has 0 aliphatic carbocycles. The van der Waals surface area contributed by atoms with Gasteiger partial charge in [-0.05, 0) is 13.8 Å². The minimum Gasteiger partial charge on any atom is -0.350 e. The topological polar surface area (TPSA) is 18.5 Å². The van der Waals surface area contributed by atoms with Crippen LogP contribution in [0.4, 0.5) is 0 Å². The number of ether oxygens (including phenoxy) is 2. The van der Waals surface area contributed by atoms with Crippen LogP contribution < -0.4 is 0 Å². The first-order chi connectivity index (χ1) is 4.10. The summed E-state index contributed by atoms with van der Waals surface area (Å²) in [6, 6.07) is 0. The summed E-state index contributed by atoms with van der Waals surface area (Å²) in [4.78, 5) is 0. The van der Waals surface area contributed by atoms with E-state index >= 15 is 0 Å². The summed E-state index contributed by atoms with van der Waals surface area (Å²) in [6.07, 6.45) is 0. The summed E-state index contributed by atoms with van der Waals surface area (Å²) >= 11 is 0. The molecule has 1 heterocycles. The van der Waals surface area contributed by atoms with Gasteiger partial charge in [-0.25, -0.2) is 0 Å². The van der Waals surface area contributed by atoms with Crippen LogP contribution in [-0.2, 0) is 9.47 Å². The fourth-order valence-corrected chi connectivity index (χ4v) is 0.776. The summed E-state index contributed by atoms with van der Waals surface area (Å²) in [7, 11) is 0. The average Bonchev–Trinajstić information content (AvgIpc) is 1.78. The highest BCUT2D eigenvalue weighted by atomic mass is 16.7. The van der Waals surface area contributed by atoms with Gasteiger partial charge in [-0.15, -0.1) is 0 Å². The molecule has 0 aromatic heterocycles. The lowest BCUT2D eigenvalue weighted by molar-refractivity contribution is -0.259. The molecular formula is C8H18O2. The van der Waals surface area contributed by atoms with Gasteiger partial charge in [0, 0.05) is 5.92 Å². The van der Waals surface area contributed by atoms with Crippen LogP contribution in [0.2, 0.25) is 0 Å². The maximum absolute atomic E-state index is 5.36. The van der Waals surface area contributed by atoms with Crippen LogP contribution in [0.15, 0.2) is 0 Å². The Hall–Kier alpha value is -0.0800. The zero-order valence-electron chi connectivity index (χ0n) is 6.31. The van der Waals surface area contributed by atoms with Crippen molar-refractivity contribution in [3.05, 3.63) is 0 Å². The third-order valence-electron chi connectivity index (χ3n) is 1.43. The molecule has 0 spiro atoms. The molecule has 0 saturated carbocycles. The smallest absolute Gasteiger partial charge is 0.162 e. The minimum absolute atomic E-state index is 0. The minimum atomic E-state index is -0.341. The standard InChI is InChI=1S/C7H14O2.CH4/c1-6-4-8-7(2,3)9-5-6;/h6H,4-5H2,1-3H3;1H4. The molecule has 2 heteroatoms. The monoisotopic (exact) mass is 146 g/mol. The van der Waals surface area contributed by atoms with Gasteiger partial charge in [0.2, 0.25) is 0 Å². The molecule has 0 amide bonds. The van der Waals surface area contributed by atoms with Crippen LogP contribution in [0, 0.1) is 5.92 Å². The van der Waals surface area contributed by atoms with Crippen molar-refractivity contribution in [2.75, 3.05) is 13.2 Å². The van der Waals surface area contributed by atoms with Crippen LogP contribution in [0.25, 0.3) is 0 Å². The van der Waals surface area contributed by atoms with Crippen LogP contribution in [0.1, 0.15) is 28.2 Å². The lowest BCUT2D eigenvalue weighted by Gasteiger charge is -2.33. The Balaban J connectivity index is 0.000000810. The second-order valence-corrected chi connectivity index (χ2v) is 3.13. The fourth-order valence-electron chi connectivity index (χ4n) is 0.776. The van der Waals surface area contributed by atoms with Gasteiger partial charge in [0.05, 0.1) is 13.2 Å². The molecule has 0 atom stereocenters. The van der Waals surface area contributed by atoms with Crippen molar-refractivity contribution < 1.29 is 9.47 Å². The van der Waals surface area contributed by atoms with Crippen LogP contribution in [0.5, 0.6) is 0 Å². The molecule has 1 saturated heterocycles. The maximum atomic E-state index is 5.36. The van der Waals surface area contributed by atoms with Crippen molar-refractivity contribution >= 4 is 0 Å². The first-order valence-corrected chi connectivity index (χ1v) is 3.38. The van der Waals surface area contributed by atoms with E-state index in [1.54, 1.807) is 0 Å². The average molecular weight is 146 g/mol. The summed E-state index contributed by atoms with van der Waals surface area (Å²) in [5.74, 6) is 0.213. The van der Waals surface area contributed by atoms with Gasteiger partial charge in [0.25, 0.3) is 0 Å². The number of hydrogen-bond donors (Lipinski definition) is 0. The molecule has 62 valence electrons. The SMILES string of the molecule is C.CC1COC(C)(C)OC1. The van der Waals surface area contributed by atoms with E-state index in [0.29, 0.717) is 5.92 Å². The van der Waals surface area contributed by atoms with Gasteiger partial charge in [0.15, 0.2) is 5.79 Å². The molecule has 0 aromatic carbocycles. The Morgan fingerprint density at radius 2 is 1.60 bits per heavy atom. The Kier molecular flexibility index (Phi) is 3.33. The maximum Gasteiger partial charge on any atom is 0.162 e. The third kappa shape index (κ3) is 2.67. The van der Waals surface area contributed by atoms with E-state index in [-0.39, 0.29) is 13.2 Å². The van der Waals surface area contributed by atoms with Crippen LogP contribution >= 0.6 is 0 Å². The summed E-state index contributed by atoms with van der Waals surface area (Å²) in [5.41, 5.74) is 0. The zero-order valence-corrected chi connectivity index (χ0v) is 6.31. The number of rotatable bonds is 0. The molecular weight excluding hydrogens is 128 g/mol. The Bertz CT molecular complexity index is 89.4. The highest BCUT2D eigenvalue weighted by molar-refractivity contribution is 4.63. The van der Waals surface area contributed by atoms with Crippen LogP contribution in [0.3, 0.4) is 0 Å². The molecule has 0 bridgehead atoms. The zero-order chi connectivity index (χ0) is 6.91. The van der Waals surface area contributed by atoms with Gasteiger partial charge in [-0.1, -0.05) is 14.4 Å². The highest BCUT2D eigenvalue weighted by Gasteiger charge is 2.25. The second-order valence-electron chi connectivity index (χ2n) is 3.13. The van der Waals surface area contributed by atoms with Gasteiger partial charge in [-0.2, -0.15) is 0 Å². The lowest BCUT2D eigenvalue weighted by Crippen LogP contribution is -2.38. The van der Waals surface area contributed by atoms with Crippen molar-refractivity contribution in [3.8, 4) is 0 Å².